The summed E-state index contributed by atoms with van der Waals surface area (Å²) in [6, 6.07) is 7.72. The summed E-state index contributed by atoms with van der Waals surface area (Å²) in [5.74, 6) is 0.924. The van der Waals surface area contributed by atoms with E-state index in [1.807, 2.05) is 24.3 Å². The second-order valence-corrected chi connectivity index (χ2v) is 5.03. The summed E-state index contributed by atoms with van der Waals surface area (Å²) < 4.78 is 6.12. The molecule has 0 aromatic heterocycles. The SMILES string of the molecule is CCCC(Oc1ccc(N)cc1)N1CCCCC1. The standard InChI is InChI=1S/C15H24N2O/c1-2-6-15(17-11-4-3-5-12-17)18-14-9-7-13(16)8-10-14/h7-10,15H,2-6,11-12,16H2,1H3. The van der Waals surface area contributed by atoms with Gasteiger partial charge in [-0.1, -0.05) is 19.8 Å². The van der Waals surface area contributed by atoms with Gasteiger partial charge in [-0.25, -0.2) is 0 Å². The molecule has 3 nitrogen and oxygen atoms in total. The first kappa shape index (κ1) is 13.2. The number of ether oxygens (including phenoxy) is 1. The molecule has 1 atom stereocenters. The Bertz CT molecular complexity index is 344. The fourth-order valence-electron chi connectivity index (χ4n) is 2.47. The van der Waals surface area contributed by atoms with Crippen LogP contribution in [-0.4, -0.2) is 24.2 Å². The summed E-state index contributed by atoms with van der Waals surface area (Å²) in [6.07, 6.45) is 6.41. The van der Waals surface area contributed by atoms with Gasteiger partial charge in [0.2, 0.25) is 0 Å². The van der Waals surface area contributed by atoms with E-state index in [0.717, 1.165) is 24.3 Å². The van der Waals surface area contributed by atoms with Crippen LogP contribution in [-0.2, 0) is 0 Å². The highest BCUT2D eigenvalue weighted by Crippen LogP contribution is 2.21. The van der Waals surface area contributed by atoms with Crippen molar-refractivity contribution in [1.29, 1.82) is 0 Å². The lowest BCUT2D eigenvalue weighted by molar-refractivity contribution is 0.00600. The van der Waals surface area contributed by atoms with Gasteiger partial charge < -0.3 is 10.5 Å². The average molecular weight is 248 g/mol. The normalized spacial score (nSPS) is 18.5. The zero-order valence-corrected chi connectivity index (χ0v) is 11.3. The highest BCUT2D eigenvalue weighted by molar-refractivity contribution is 5.41. The Labute approximate surface area is 110 Å². The first-order valence-corrected chi connectivity index (χ1v) is 7.06. The molecule has 0 bridgehead atoms. The lowest BCUT2D eigenvalue weighted by Crippen LogP contribution is -2.42. The summed E-state index contributed by atoms with van der Waals surface area (Å²) in [5.41, 5.74) is 6.48. The largest absolute Gasteiger partial charge is 0.475 e. The molecule has 0 amide bonds. The van der Waals surface area contributed by atoms with Gasteiger partial charge in [-0.2, -0.15) is 0 Å². The van der Waals surface area contributed by atoms with Gasteiger partial charge in [0.05, 0.1) is 0 Å². The molecule has 2 rings (SSSR count). The lowest BCUT2D eigenvalue weighted by atomic mass is 10.1. The van der Waals surface area contributed by atoms with E-state index in [1.54, 1.807) is 0 Å². The number of nitrogens with zero attached hydrogens (tertiary/aromatic N) is 1. The third-order valence-electron chi connectivity index (χ3n) is 3.49. The number of nitrogens with two attached hydrogens (primary N) is 1. The maximum atomic E-state index is 6.12. The van der Waals surface area contributed by atoms with E-state index in [1.165, 1.54) is 32.4 Å². The fraction of sp³-hybridized carbons (Fsp3) is 0.600. The number of likely N-dealkylation sites (tertiary alicyclic amines) is 1. The van der Waals surface area contributed by atoms with Gasteiger partial charge in [0.1, 0.15) is 5.75 Å². The first-order chi connectivity index (χ1) is 8.79. The number of rotatable bonds is 5. The predicted molar refractivity (Wildman–Crippen MR) is 75.6 cm³/mol. The molecular formula is C15H24N2O. The Morgan fingerprint density at radius 2 is 1.83 bits per heavy atom. The molecule has 1 fully saturated rings. The number of anilines is 1. The molecule has 1 aromatic rings. The van der Waals surface area contributed by atoms with E-state index < -0.39 is 0 Å². The van der Waals surface area contributed by atoms with Crippen LogP contribution in [0.5, 0.6) is 5.75 Å². The number of hydrogen-bond acceptors (Lipinski definition) is 3. The minimum atomic E-state index is 0.221. The zero-order valence-electron chi connectivity index (χ0n) is 11.3. The summed E-state index contributed by atoms with van der Waals surface area (Å²) in [5, 5.41) is 0. The van der Waals surface area contributed by atoms with Crippen LogP contribution in [0, 0.1) is 0 Å². The molecule has 1 aliphatic rings. The molecule has 2 N–H and O–H groups in total. The van der Waals surface area contributed by atoms with Crippen LogP contribution < -0.4 is 10.5 Å². The number of nitrogen functional groups attached to an aromatic ring is 1. The second kappa shape index (κ2) is 6.64. The fourth-order valence-corrected chi connectivity index (χ4v) is 2.47. The number of benzene rings is 1. The van der Waals surface area contributed by atoms with Crippen molar-refractivity contribution < 1.29 is 4.74 Å². The molecule has 1 aromatic carbocycles. The van der Waals surface area contributed by atoms with Crippen LogP contribution >= 0.6 is 0 Å². The maximum absolute atomic E-state index is 6.12. The number of hydrogen-bond donors (Lipinski definition) is 1. The van der Waals surface area contributed by atoms with Crippen molar-refractivity contribution in [1.82, 2.24) is 4.90 Å². The zero-order chi connectivity index (χ0) is 12.8. The monoisotopic (exact) mass is 248 g/mol. The molecule has 0 saturated carbocycles. The molecule has 100 valence electrons. The molecule has 1 heterocycles. The van der Waals surface area contributed by atoms with Gasteiger partial charge in [0, 0.05) is 18.8 Å². The summed E-state index contributed by atoms with van der Waals surface area (Å²) in [6.45, 7) is 4.54. The summed E-state index contributed by atoms with van der Waals surface area (Å²) in [4.78, 5) is 2.48. The van der Waals surface area contributed by atoms with Crippen LogP contribution in [0.1, 0.15) is 39.0 Å². The highest BCUT2D eigenvalue weighted by Gasteiger charge is 2.21. The quantitative estimate of drug-likeness (QED) is 0.813. The third kappa shape index (κ3) is 3.64. The van der Waals surface area contributed by atoms with E-state index >= 15 is 0 Å². The smallest absolute Gasteiger partial charge is 0.152 e. The van der Waals surface area contributed by atoms with E-state index in [0.29, 0.717) is 0 Å². The highest BCUT2D eigenvalue weighted by atomic mass is 16.5. The van der Waals surface area contributed by atoms with E-state index in [2.05, 4.69) is 11.8 Å². The van der Waals surface area contributed by atoms with Gasteiger partial charge >= 0.3 is 0 Å². The topological polar surface area (TPSA) is 38.5 Å². The molecular weight excluding hydrogens is 224 g/mol. The Hall–Kier alpha value is -1.22. The van der Waals surface area contributed by atoms with Crippen molar-refractivity contribution in [2.24, 2.45) is 0 Å². The summed E-state index contributed by atoms with van der Waals surface area (Å²) >= 11 is 0. The van der Waals surface area contributed by atoms with E-state index in [4.69, 9.17) is 10.5 Å². The molecule has 3 heteroatoms. The first-order valence-electron chi connectivity index (χ1n) is 7.06. The minimum Gasteiger partial charge on any atom is -0.475 e. The van der Waals surface area contributed by atoms with Crippen molar-refractivity contribution in [3.8, 4) is 5.75 Å². The van der Waals surface area contributed by atoms with Crippen LogP contribution in [0.3, 0.4) is 0 Å². The van der Waals surface area contributed by atoms with Crippen molar-refractivity contribution >= 4 is 5.69 Å². The molecule has 1 unspecified atom stereocenters. The predicted octanol–water partition coefficient (Wildman–Crippen LogP) is 3.26. The molecule has 0 aliphatic carbocycles. The van der Waals surface area contributed by atoms with Crippen molar-refractivity contribution in [3.63, 3.8) is 0 Å². The molecule has 18 heavy (non-hydrogen) atoms. The Morgan fingerprint density at radius 3 is 2.44 bits per heavy atom. The molecule has 0 radical (unpaired) electrons. The lowest BCUT2D eigenvalue weighted by Gasteiger charge is -2.34. The van der Waals surface area contributed by atoms with Crippen LogP contribution in [0.2, 0.25) is 0 Å². The van der Waals surface area contributed by atoms with Gasteiger partial charge in [0.15, 0.2) is 6.23 Å². The Morgan fingerprint density at radius 1 is 1.17 bits per heavy atom. The molecule has 1 aliphatic heterocycles. The second-order valence-electron chi connectivity index (χ2n) is 5.03. The van der Waals surface area contributed by atoms with Crippen LogP contribution in [0.15, 0.2) is 24.3 Å². The minimum absolute atomic E-state index is 0.221. The molecule has 1 saturated heterocycles. The summed E-state index contributed by atoms with van der Waals surface area (Å²) in [7, 11) is 0. The number of piperidine rings is 1. The van der Waals surface area contributed by atoms with E-state index in [-0.39, 0.29) is 6.23 Å². The van der Waals surface area contributed by atoms with Crippen molar-refractivity contribution in [2.45, 2.75) is 45.3 Å². The van der Waals surface area contributed by atoms with Gasteiger partial charge in [-0.3, -0.25) is 4.90 Å². The van der Waals surface area contributed by atoms with Crippen molar-refractivity contribution in [3.05, 3.63) is 24.3 Å². The maximum Gasteiger partial charge on any atom is 0.152 e. The van der Waals surface area contributed by atoms with Gasteiger partial charge in [0.25, 0.3) is 0 Å². The van der Waals surface area contributed by atoms with E-state index in [9.17, 15) is 0 Å². The van der Waals surface area contributed by atoms with Gasteiger partial charge in [-0.05, 0) is 43.5 Å². The van der Waals surface area contributed by atoms with Crippen molar-refractivity contribution in [2.75, 3.05) is 18.8 Å². The van der Waals surface area contributed by atoms with Crippen LogP contribution in [0.4, 0.5) is 5.69 Å². The molecule has 0 spiro atoms. The van der Waals surface area contributed by atoms with Gasteiger partial charge in [-0.15, -0.1) is 0 Å². The Kier molecular flexibility index (Phi) is 4.88. The average Bonchev–Trinajstić information content (AvgIpc) is 2.42. The van der Waals surface area contributed by atoms with Crippen LogP contribution in [0.25, 0.3) is 0 Å². The third-order valence-corrected chi connectivity index (χ3v) is 3.49. The Balaban J connectivity index is 1.98.